The first-order chi connectivity index (χ1) is 12.7. The molecular formula is C20H18F3N3O. The van der Waals surface area contributed by atoms with Crippen LogP contribution in [0, 0.1) is 0 Å². The third-order valence-corrected chi connectivity index (χ3v) is 4.30. The maximum Gasteiger partial charge on any atom is 0.416 e. The molecule has 7 heteroatoms. The quantitative estimate of drug-likeness (QED) is 0.641. The minimum absolute atomic E-state index is 0.244. The highest BCUT2D eigenvalue weighted by Crippen LogP contribution is 2.38. The SMILES string of the molecule is CC(C)c1ccc(-c2cnc3[nH]cc(C=CC(N)=O)c3c2)cc1C(F)(F)F. The van der Waals surface area contributed by atoms with Crippen LogP contribution in [-0.2, 0) is 11.0 Å². The van der Waals surface area contributed by atoms with E-state index in [9.17, 15) is 18.0 Å². The van der Waals surface area contributed by atoms with Crippen molar-refractivity contribution in [2.45, 2.75) is 25.9 Å². The average Bonchev–Trinajstić information content (AvgIpc) is 3.00. The normalized spacial score (nSPS) is 12.4. The summed E-state index contributed by atoms with van der Waals surface area (Å²) in [6.07, 6.45) is 1.50. The Hall–Kier alpha value is -3.09. The lowest BCUT2D eigenvalue weighted by atomic mass is 9.93. The number of carbonyl (C=O) groups excluding carboxylic acids is 1. The molecule has 0 aliphatic rings. The van der Waals surface area contributed by atoms with Crippen molar-refractivity contribution in [3.8, 4) is 11.1 Å². The second kappa shape index (κ2) is 6.90. The number of pyridine rings is 1. The van der Waals surface area contributed by atoms with Gasteiger partial charge in [-0.2, -0.15) is 13.2 Å². The molecule has 0 aliphatic carbocycles. The summed E-state index contributed by atoms with van der Waals surface area (Å²) in [4.78, 5) is 18.2. The van der Waals surface area contributed by atoms with Gasteiger partial charge in [0.05, 0.1) is 5.56 Å². The van der Waals surface area contributed by atoms with Crippen LogP contribution in [0.2, 0.25) is 0 Å². The summed E-state index contributed by atoms with van der Waals surface area (Å²) in [5.74, 6) is -0.834. The van der Waals surface area contributed by atoms with Crippen molar-refractivity contribution >= 4 is 23.0 Å². The molecule has 1 amide bonds. The van der Waals surface area contributed by atoms with Gasteiger partial charge in [-0.1, -0.05) is 26.0 Å². The van der Waals surface area contributed by atoms with Gasteiger partial charge in [-0.3, -0.25) is 4.79 Å². The number of fused-ring (bicyclic) bond motifs is 1. The molecule has 27 heavy (non-hydrogen) atoms. The number of hydrogen-bond donors (Lipinski definition) is 2. The lowest BCUT2D eigenvalue weighted by Gasteiger charge is -2.17. The number of aromatic nitrogens is 2. The molecule has 0 radical (unpaired) electrons. The third kappa shape index (κ3) is 3.86. The standard InChI is InChI=1S/C20H18F3N3O/c1-11(2)15-5-3-12(8-17(15)20(21,22)23)14-7-16-13(4-6-18(24)27)9-25-19(16)26-10-14/h3-11H,1-2H3,(H2,24,27)(H,25,26). The Kier molecular flexibility index (Phi) is 4.78. The Labute approximate surface area is 153 Å². The predicted molar refractivity (Wildman–Crippen MR) is 98.8 cm³/mol. The van der Waals surface area contributed by atoms with E-state index in [-0.39, 0.29) is 11.5 Å². The molecule has 0 saturated carbocycles. The first-order valence-corrected chi connectivity index (χ1v) is 8.33. The second-order valence-corrected chi connectivity index (χ2v) is 6.55. The summed E-state index contributed by atoms with van der Waals surface area (Å²) < 4.78 is 40.4. The number of carbonyl (C=O) groups is 1. The van der Waals surface area contributed by atoms with Crippen LogP contribution in [-0.4, -0.2) is 15.9 Å². The molecule has 3 rings (SSSR count). The smallest absolute Gasteiger partial charge is 0.366 e. The summed E-state index contributed by atoms with van der Waals surface area (Å²) in [7, 11) is 0. The highest BCUT2D eigenvalue weighted by Gasteiger charge is 2.34. The van der Waals surface area contributed by atoms with E-state index in [0.29, 0.717) is 27.7 Å². The van der Waals surface area contributed by atoms with E-state index in [2.05, 4.69) is 9.97 Å². The molecular weight excluding hydrogens is 355 g/mol. The predicted octanol–water partition coefficient (Wildman–Crippen LogP) is 4.87. The van der Waals surface area contributed by atoms with E-state index >= 15 is 0 Å². The molecule has 3 aromatic rings. The summed E-state index contributed by atoms with van der Waals surface area (Å²) >= 11 is 0. The fraction of sp³-hybridized carbons (Fsp3) is 0.200. The molecule has 0 bridgehead atoms. The number of benzene rings is 1. The van der Waals surface area contributed by atoms with E-state index in [1.54, 1.807) is 32.2 Å². The van der Waals surface area contributed by atoms with Gasteiger partial charge in [-0.15, -0.1) is 0 Å². The third-order valence-electron chi connectivity index (χ3n) is 4.30. The number of aromatic amines is 1. The Morgan fingerprint density at radius 3 is 2.59 bits per heavy atom. The van der Waals surface area contributed by atoms with Crippen molar-refractivity contribution in [2.24, 2.45) is 5.73 Å². The second-order valence-electron chi connectivity index (χ2n) is 6.55. The number of amides is 1. The van der Waals surface area contributed by atoms with Crippen LogP contribution in [0.1, 0.15) is 36.5 Å². The van der Waals surface area contributed by atoms with Gasteiger partial charge in [0.25, 0.3) is 0 Å². The molecule has 0 aliphatic heterocycles. The number of nitrogens with zero attached hydrogens (tertiary/aromatic N) is 1. The van der Waals surface area contributed by atoms with Crippen LogP contribution in [0.4, 0.5) is 13.2 Å². The summed E-state index contributed by atoms with van der Waals surface area (Å²) in [6.45, 7) is 3.46. The largest absolute Gasteiger partial charge is 0.416 e. The maximum atomic E-state index is 13.5. The van der Waals surface area contributed by atoms with E-state index < -0.39 is 17.6 Å². The molecule has 0 atom stereocenters. The van der Waals surface area contributed by atoms with Gasteiger partial charge >= 0.3 is 6.18 Å². The molecule has 0 spiro atoms. The van der Waals surface area contributed by atoms with E-state index in [1.165, 1.54) is 24.4 Å². The number of halogens is 3. The Balaban J connectivity index is 2.12. The van der Waals surface area contributed by atoms with Crippen LogP contribution in [0.15, 0.2) is 42.7 Å². The van der Waals surface area contributed by atoms with Crippen molar-refractivity contribution in [3.63, 3.8) is 0 Å². The van der Waals surface area contributed by atoms with Gasteiger partial charge in [0.1, 0.15) is 5.65 Å². The topological polar surface area (TPSA) is 71.8 Å². The van der Waals surface area contributed by atoms with E-state index in [4.69, 9.17) is 5.73 Å². The first-order valence-electron chi connectivity index (χ1n) is 8.33. The van der Waals surface area contributed by atoms with Crippen LogP contribution < -0.4 is 5.73 Å². The highest BCUT2D eigenvalue weighted by atomic mass is 19.4. The van der Waals surface area contributed by atoms with Crippen LogP contribution in [0.5, 0.6) is 0 Å². The van der Waals surface area contributed by atoms with Crippen molar-refractivity contribution in [1.82, 2.24) is 9.97 Å². The number of H-pyrrole nitrogens is 1. The Morgan fingerprint density at radius 1 is 1.22 bits per heavy atom. The van der Waals surface area contributed by atoms with Crippen molar-refractivity contribution in [2.75, 3.05) is 0 Å². The van der Waals surface area contributed by atoms with Crippen molar-refractivity contribution in [3.05, 3.63) is 59.4 Å². The molecule has 0 fully saturated rings. The first kappa shape index (κ1) is 18.7. The number of nitrogens with two attached hydrogens (primary N) is 1. The fourth-order valence-corrected chi connectivity index (χ4v) is 2.98. The molecule has 1 aromatic carbocycles. The molecule has 2 heterocycles. The van der Waals surface area contributed by atoms with Gasteiger partial charge < -0.3 is 10.7 Å². The maximum absolute atomic E-state index is 13.5. The van der Waals surface area contributed by atoms with E-state index in [1.807, 2.05) is 0 Å². The fourth-order valence-electron chi connectivity index (χ4n) is 2.98. The minimum Gasteiger partial charge on any atom is -0.366 e. The lowest BCUT2D eigenvalue weighted by molar-refractivity contribution is -0.138. The van der Waals surface area contributed by atoms with Crippen molar-refractivity contribution in [1.29, 1.82) is 0 Å². The van der Waals surface area contributed by atoms with Crippen LogP contribution in [0.3, 0.4) is 0 Å². The Morgan fingerprint density at radius 2 is 1.96 bits per heavy atom. The number of rotatable bonds is 4. The highest BCUT2D eigenvalue weighted by molar-refractivity contribution is 5.95. The summed E-state index contributed by atoms with van der Waals surface area (Å²) in [5, 5.41) is 0.687. The van der Waals surface area contributed by atoms with Gasteiger partial charge in [0.15, 0.2) is 0 Å². The van der Waals surface area contributed by atoms with Gasteiger partial charge in [-0.05, 0) is 35.3 Å². The summed E-state index contributed by atoms with van der Waals surface area (Å²) in [6, 6.07) is 6.07. The van der Waals surface area contributed by atoms with Gasteiger partial charge in [0.2, 0.25) is 5.91 Å². The number of alkyl halides is 3. The molecule has 140 valence electrons. The monoisotopic (exact) mass is 373 g/mol. The Bertz CT molecular complexity index is 1030. The molecule has 2 aromatic heterocycles. The molecule has 3 N–H and O–H groups in total. The zero-order valence-corrected chi connectivity index (χ0v) is 14.8. The van der Waals surface area contributed by atoms with E-state index in [0.717, 1.165) is 6.07 Å². The lowest BCUT2D eigenvalue weighted by Crippen LogP contribution is -2.10. The average molecular weight is 373 g/mol. The van der Waals surface area contributed by atoms with Crippen LogP contribution >= 0.6 is 0 Å². The molecule has 0 unspecified atom stereocenters. The van der Waals surface area contributed by atoms with Gasteiger partial charge in [0, 0.05) is 35.0 Å². The zero-order valence-electron chi connectivity index (χ0n) is 14.8. The summed E-state index contributed by atoms with van der Waals surface area (Å²) in [5.41, 5.74) is 6.94. The van der Waals surface area contributed by atoms with Gasteiger partial charge in [-0.25, -0.2) is 4.98 Å². The molecule has 0 saturated heterocycles. The number of hydrogen-bond acceptors (Lipinski definition) is 2. The van der Waals surface area contributed by atoms with Crippen molar-refractivity contribution < 1.29 is 18.0 Å². The zero-order chi connectivity index (χ0) is 19.8. The molecule has 4 nitrogen and oxygen atoms in total. The van der Waals surface area contributed by atoms with Crippen LogP contribution in [0.25, 0.3) is 28.2 Å². The minimum atomic E-state index is -4.43. The number of primary amides is 1. The number of nitrogens with one attached hydrogen (secondary N) is 1.